The number of nitrogens with one attached hydrogen (secondary N) is 1. The normalized spacial score (nSPS) is 17.0. The summed E-state index contributed by atoms with van der Waals surface area (Å²) in [5.41, 5.74) is 0.893. The van der Waals surface area contributed by atoms with Gasteiger partial charge in [0.25, 0.3) is 0 Å². The first-order valence-corrected chi connectivity index (χ1v) is 10.4. The molecule has 1 aliphatic rings. The van der Waals surface area contributed by atoms with Crippen LogP contribution in [0.4, 0.5) is 0 Å². The molecule has 1 aromatic carbocycles. The Kier molecular flexibility index (Phi) is 6.17. The summed E-state index contributed by atoms with van der Waals surface area (Å²) in [4.78, 5) is 19.4. The summed E-state index contributed by atoms with van der Waals surface area (Å²) in [6, 6.07) is 5.73. The van der Waals surface area contributed by atoms with Crippen molar-refractivity contribution < 1.29 is 14.3 Å². The number of aromatic amines is 1. The van der Waals surface area contributed by atoms with E-state index in [0.717, 1.165) is 42.3 Å². The zero-order chi connectivity index (χ0) is 20.3. The summed E-state index contributed by atoms with van der Waals surface area (Å²) in [7, 11) is 3.29. The Balaban J connectivity index is 1.71. The highest BCUT2D eigenvalue weighted by Gasteiger charge is 2.32. The van der Waals surface area contributed by atoms with Gasteiger partial charge in [0.05, 0.1) is 26.0 Å². The molecule has 3 rings (SSSR count). The van der Waals surface area contributed by atoms with E-state index in [0.29, 0.717) is 10.9 Å². The van der Waals surface area contributed by atoms with E-state index >= 15 is 0 Å². The van der Waals surface area contributed by atoms with Crippen LogP contribution >= 0.6 is 11.8 Å². The fourth-order valence-corrected chi connectivity index (χ4v) is 4.03. The number of thioether (sulfide) groups is 1. The van der Waals surface area contributed by atoms with Crippen molar-refractivity contribution in [1.82, 2.24) is 20.1 Å². The van der Waals surface area contributed by atoms with Gasteiger partial charge in [-0.2, -0.15) is 0 Å². The summed E-state index contributed by atoms with van der Waals surface area (Å²) in [5.74, 6) is 2.76. The van der Waals surface area contributed by atoms with Gasteiger partial charge >= 0.3 is 0 Å². The third kappa shape index (κ3) is 4.43. The van der Waals surface area contributed by atoms with E-state index in [1.165, 1.54) is 11.8 Å². The fourth-order valence-electron chi connectivity index (χ4n) is 3.34. The molecule has 1 fully saturated rings. The van der Waals surface area contributed by atoms with Crippen LogP contribution in [0.15, 0.2) is 23.4 Å². The monoisotopic (exact) mass is 404 g/mol. The highest BCUT2D eigenvalue weighted by atomic mass is 32.2. The molecule has 0 aliphatic carbocycles. The van der Waals surface area contributed by atoms with E-state index in [4.69, 9.17) is 9.47 Å². The number of benzene rings is 1. The van der Waals surface area contributed by atoms with Gasteiger partial charge < -0.3 is 14.4 Å². The van der Waals surface area contributed by atoms with E-state index in [1.807, 2.05) is 23.1 Å². The number of likely N-dealkylation sites (tertiary alicyclic amines) is 1. The lowest BCUT2D eigenvalue weighted by Crippen LogP contribution is -2.32. The largest absolute Gasteiger partial charge is 0.497 e. The van der Waals surface area contributed by atoms with E-state index in [9.17, 15) is 4.79 Å². The van der Waals surface area contributed by atoms with E-state index in [-0.39, 0.29) is 17.4 Å². The molecule has 1 saturated heterocycles. The second kappa shape index (κ2) is 8.43. The Labute approximate surface area is 170 Å². The van der Waals surface area contributed by atoms with Crippen LogP contribution in [-0.2, 0) is 10.2 Å². The van der Waals surface area contributed by atoms with Crippen LogP contribution in [0.5, 0.6) is 11.5 Å². The van der Waals surface area contributed by atoms with Gasteiger partial charge in [-0.05, 0) is 31.0 Å². The maximum absolute atomic E-state index is 12.9. The van der Waals surface area contributed by atoms with E-state index < -0.39 is 0 Å². The van der Waals surface area contributed by atoms with Crippen LogP contribution in [0.25, 0.3) is 0 Å². The molecular weight excluding hydrogens is 376 g/mol. The van der Waals surface area contributed by atoms with Crippen LogP contribution in [0, 0.1) is 0 Å². The smallest absolute Gasteiger partial charge is 0.233 e. The van der Waals surface area contributed by atoms with Gasteiger partial charge in [-0.15, -0.1) is 5.10 Å². The standard InChI is InChI=1S/C20H28N4O3S/c1-20(2,3)18-21-19(23-22-18)28-12-17(25)24-10-6-7-15(24)14-11-13(26-4)8-9-16(14)27-5/h8-9,11,15H,6-7,10,12H2,1-5H3,(H,21,22,23). The van der Waals surface area contributed by atoms with Crippen LogP contribution in [0.2, 0.25) is 0 Å². The van der Waals surface area contributed by atoms with Crippen molar-refractivity contribution in [3.8, 4) is 11.5 Å². The molecule has 0 spiro atoms. The summed E-state index contributed by atoms with van der Waals surface area (Å²) < 4.78 is 10.9. The Morgan fingerprint density at radius 3 is 2.75 bits per heavy atom. The number of ether oxygens (including phenoxy) is 2. The molecular formula is C20H28N4O3S. The number of methoxy groups -OCH3 is 2. The van der Waals surface area contributed by atoms with Crippen molar-refractivity contribution in [1.29, 1.82) is 0 Å². The number of H-pyrrole nitrogens is 1. The van der Waals surface area contributed by atoms with E-state index in [2.05, 4.69) is 36.0 Å². The molecule has 1 atom stereocenters. The minimum Gasteiger partial charge on any atom is -0.497 e. The Bertz CT molecular complexity index is 831. The van der Waals surface area contributed by atoms with Gasteiger partial charge in [-0.3, -0.25) is 9.89 Å². The lowest BCUT2D eigenvalue weighted by atomic mass is 9.96. The Hall–Kier alpha value is -2.22. The quantitative estimate of drug-likeness (QED) is 0.742. The molecule has 1 N–H and O–H groups in total. The third-order valence-corrected chi connectivity index (χ3v) is 5.70. The molecule has 1 unspecified atom stereocenters. The number of rotatable bonds is 6. The molecule has 0 radical (unpaired) electrons. The second-order valence-corrected chi connectivity index (χ2v) is 8.80. The van der Waals surface area contributed by atoms with Crippen LogP contribution in [0.3, 0.4) is 0 Å². The predicted molar refractivity (Wildman–Crippen MR) is 109 cm³/mol. The van der Waals surface area contributed by atoms with Gasteiger partial charge in [0.2, 0.25) is 11.1 Å². The van der Waals surface area contributed by atoms with Crippen molar-refractivity contribution in [2.24, 2.45) is 0 Å². The van der Waals surface area contributed by atoms with Gasteiger partial charge in [-0.1, -0.05) is 32.5 Å². The van der Waals surface area contributed by atoms with Crippen LogP contribution in [0.1, 0.15) is 51.0 Å². The molecule has 28 heavy (non-hydrogen) atoms. The first-order valence-electron chi connectivity index (χ1n) is 9.40. The molecule has 0 bridgehead atoms. The van der Waals surface area contributed by atoms with E-state index in [1.54, 1.807) is 14.2 Å². The van der Waals surface area contributed by atoms with Crippen LogP contribution in [-0.4, -0.2) is 52.5 Å². The number of nitrogens with zero attached hydrogens (tertiary/aromatic N) is 3. The number of carbonyl (C=O) groups is 1. The van der Waals surface area contributed by atoms with Gasteiger partial charge in [0.15, 0.2) is 0 Å². The van der Waals surface area contributed by atoms with Crippen LogP contribution < -0.4 is 9.47 Å². The topological polar surface area (TPSA) is 80.3 Å². The maximum atomic E-state index is 12.9. The molecule has 152 valence electrons. The van der Waals surface area contributed by atoms with Crippen molar-refractivity contribution in [2.75, 3.05) is 26.5 Å². The third-order valence-electron chi connectivity index (χ3n) is 4.87. The number of hydrogen-bond donors (Lipinski definition) is 1. The predicted octanol–water partition coefficient (Wildman–Crippen LogP) is 3.58. The first kappa shape index (κ1) is 20.5. The molecule has 0 saturated carbocycles. The number of hydrogen-bond acceptors (Lipinski definition) is 6. The lowest BCUT2D eigenvalue weighted by Gasteiger charge is -2.26. The zero-order valence-electron chi connectivity index (χ0n) is 17.1. The molecule has 2 heterocycles. The summed E-state index contributed by atoms with van der Waals surface area (Å²) in [5, 5.41) is 7.80. The molecule has 8 heteroatoms. The van der Waals surface area contributed by atoms with Gasteiger partial charge in [0.1, 0.15) is 17.3 Å². The number of aromatic nitrogens is 3. The summed E-state index contributed by atoms with van der Waals surface area (Å²) >= 11 is 1.37. The summed E-state index contributed by atoms with van der Waals surface area (Å²) in [6.07, 6.45) is 1.88. The molecule has 2 aromatic rings. The highest BCUT2D eigenvalue weighted by Crippen LogP contribution is 2.39. The van der Waals surface area contributed by atoms with Crippen molar-refractivity contribution >= 4 is 17.7 Å². The van der Waals surface area contributed by atoms with Crippen molar-refractivity contribution in [3.05, 3.63) is 29.6 Å². The maximum Gasteiger partial charge on any atom is 0.233 e. The molecule has 1 aromatic heterocycles. The minimum absolute atomic E-state index is 0.00423. The Morgan fingerprint density at radius 1 is 1.32 bits per heavy atom. The van der Waals surface area contributed by atoms with Crippen molar-refractivity contribution in [3.63, 3.8) is 0 Å². The average molecular weight is 405 g/mol. The lowest BCUT2D eigenvalue weighted by molar-refractivity contribution is -0.129. The summed E-state index contributed by atoms with van der Waals surface area (Å²) in [6.45, 7) is 6.96. The number of carbonyl (C=O) groups excluding carboxylic acids is 1. The first-order chi connectivity index (χ1) is 13.3. The highest BCUT2D eigenvalue weighted by molar-refractivity contribution is 7.99. The van der Waals surface area contributed by atoms with Gasteiger partial charge in [-0.25, -0.2) is 4.98 Å². The zero-order valence-corrected chi connectivity index (χ0v) is 17.9. The molecule has 1 amide bonds. The molecule has 7 nitrogen and oxygen atoms in total. The number of amides is 1. The molecule has 1 aliphatic heterocycles. The Morgan fingerprint density at radius 2 is 2.11 bits per heavy atom. The SMILES string of the molecule is COc1ccc(OC)c(C2CCCN2C(=O)CSc2n[nH]c(C(C)(C)C)n2)c1. The second-order valence-electron chi connectivity index (χ2n) is 7.86. The van der Waals surface area contributed by atoms with Crippen molar-refractivity contribution in [2.45, 2.75) is 50.2 Å². The minimum atomic E-state index is -0.0984. The average Bonchev–Trinajstić information content (AvgIpc) is 3.34. The van der Waals surface area contributed by atoms with Gasteiger partial charge in [0, 0.05) is 17.5 Å². The fraction of sp³-hybridized carbons (Fsp3) is 0.550.